The van der Waals surface area contributed by atoms with Crippen LogP contribution in [-0.2, 0) is 0 Å². The first kappa shape index (κ1) is 9.84. The molecule has 2 aromatic heterocycles. The van der Waals surface area contributed by atoms with Gasteiger partial charge in [-0.2, -0.15) is 0 Å². The number of hydrogen-bond acceptors (Lipinski definition) is 2. The summed E-state index contributed by atoms with van der Waals surface area (Å²) >= 11 is 0. The summed E-state index contributed by atoms with van der Waals surface area (Å²) in [5.41, 5.74) is 3.49. The standard InChI is InChI=1S/C13H12N2O2/c1-7-12(9-6-11(16)15-13(9)17)8-4-2-3-5-10(8)14-7/h2-6,14-17H,1H3. The molecule has 1 aromatic carbocycles. The number of nitrogens with one attached hydrogen (secondary N) is 2. The van der Waals surface area contributed by atoms with Crippen LogP contribution in [0.3, 0.4) is 0 Å². The third kappa shape index (κ3) is 1.38. The van der Waals surface area contributed by atoms with Crippen molar-refractivity contribution in [3.8, 4) is 22.9 Å². The molecule has 0 atom stereocenters. The second-order valence-electron chi connectivity index (χ2n) is 4.09. The summed E-state index contributed by atoms with van der Waals surface area (Å²) < 4.78 is 0. The molecule has 2 heterocycles. The Labute approximate surface area is 97.5 Å². The minimum atomic E-state index is -0.0396. The number of benzene rings is 1. The lowest BCUT2D eigenvalue weighted by atomic mass is 10.0. The summed E-state index contributed by atoms with van der Waals surface area (Å²) in [5, 5.41) is 20.2. The van der Waals surface area contributed by atoms with Crippen molar-refractivity contribution in [1.29, 1.82) is 0 Å². The van der Waals surface area contributed by atoms with Gasteiger partial charge in [-0.15, -0.1) is 0 Å². The average Bonchev–Trinajstić information content (AvgIpc) is 2.77. The first-order chi connectivity index (χ1) is 8.16. The molecule has 17 heavy (non-hydrogen) atoms. The zero-order valence-corrected chi connectivity index (χ0v) is 9.28. The Morgan fingerprint density at radius 1 is 1.06 bits per heavy atom. The highest BCUT2D eigenvalue weighted by Gasteiger charge is 2.15. The van der Waals surface area contributed by atoms with Gasteiger partial charge < -0.3 is 15.2 Å². The molecule has 3 aromatic rings. The molecule has 0 fully saturated rings. The maximum atomic E-state index is 9.76. The zero-order chi connectivity index (χ0) is 12.0. The fourth-order valence-electron chi connectivity index (χ4n) is 2.24. The van der Waals surface area contributed by atoms with E-state index in [1.54, 1.807) is 0 Å². The van der Waals surface area contributed by atoms with Gasteiger partial charge in [0.05, 0.1) is 0 Å². The molecule has 0 spiro atoms. The maximum absolute atomic E-state index is 9.76. The van der Waals surface area contributed by atoms with Crippen LogP contribution in [0.2, 0.25) is 0 Å². The number of rotatable bonds is 1. The molecule has 0 aliphatic heterocycles. The summed E-state index contributed by atoms with van der Waals surface area (Å²) in [6, 6.07) is 9.39. The fraction of sp³-hybridized carbons (Fsp3) is 0.0769. The average molecular weight is 228 g/mol. The SMILES string of the molecule is Cc1[nH]c2ccccc2c1-c1cc(O)[nH]c1O. The van der Waals surface area contributed by atoms with E-state index >= 15 is 0 Å². The molecule has 4 heteroatoms. The third-order valence-corrected chi connectivity index (χ3v) is 2.95. The molecule has 0 aliphatic carbocycles. The second kappa shape index (κ2) is 3.31. The Bertz CT molecular complexity index is 695. The number of para-hydroxylation sites is 1. The monoisotopic (exact) mass is 228 g/mol. The molecule has 4 N–H and O–H groups in total. The summed E-state index contributed by atoms with van der Waals surface area (Å²) in [7, 11) is 0. The van der Waals surface area contributed by atoms with Crippen molar-refractivity contribution in [2.45, 2.75) is 6.92 Å². The van der Waals surface area contributed by atoms with E-state index in [-0.39, 0.29) is 11.8 Å². The molecule has 0 saturated heterocycles. The van der Waals surface area contributed by atoms with Crippen LogP contribution >= 0.6 is 0 Å². The topological polar surface area (TPSA) is 72.0 Å². The lowest BCUT2D eigenvalue weighted by Crippen LogP contribution is -1.77. The predicted molar refractivity (Wildman–Crippen MR) is 66.2 cm³/mol. The van der Waals surface area contributed by atoms with Crippen molar-refractivity contribution in [2.24, 2.45) is 0 Å². The highest BCUT2D eigenvalue weighted by molar-refractivity contribution is 5.98. The van der Waals surface area contributed by atoms with E-state index in [2.05, 4.69) is 9.97 Å². The Balaban J connectivity index is 2.37. The van der Waals surface area contributed by atoms with Gasteiger partial charge in [-0.05, 0) is 13.0 Å². The van der Waals surface area contributed by atoms with Crippen LogP contribution in [-0.4, -0.2) is 20.2 Å². The van der Waals surface area contributed by atoms with E-state index in [1.165, 1.54) is 6.07 Å². The van der Waals surface area contributed by atoms with Crippen molar-refractivity contribution < 1.29 is 10.2 Å². The van der Waals surface area contributed by atoms with Crippen LogP contribution < -0.4 is 0 Å². The normalized spacial score (nSPS) is 11.1. The first-order valence-corrected chi connectivity index (χ1v) is 5.35. The predicted octanol–water partition coefficient (Wildman–Crippen LogP) is 2.88. The molecule has 86 valence electrons. The molecular formula is C13H12N2O2. The van der Waals surface area contributed by atoms with Crippen molar-refractivity contribution >= 4 is 10.9 Å². The molecule has 0 amide bonds. The number of aromatic nitrogens is 2. The highest BCUT2D eigenvalue weighted by Crippen LogP contribution is 2.38. The van der Waals surface area contributed by atoms with Crippen LogP contribution in [0.15, 0.2) is 30.3 Å². The van der Waals surface area contributed by atoms with E-state index in [1.807, 2.05) is 31.2 Å². The van der Waals surface area contributed by atoms with Gasteiger partial charge in [-0.1, -0.05) is 18.2 Å². The number of fused-ring (bicyclic) bond motifs is 1. The van der Waals surface area contributed by atoms with E-state index in [0.29, 0.717) is 5.56 Å². The molecule has 4 nitrogen and oxygen atoms in total. The minimum Gasteiger partial charge on any atom is -0.494 e. The molecular weight excluding hydrogens is 216 g/mol. The van der Waals surface area contributed by atoms with Gasteiger partial charge in [0.25, 0.3) is 0 Å². The summed E-state index contributed by atoms with van der Waals surface area (Å²) in [6.07, 6.45) is 0. The maximum Gasteiger partial charge on any atom is 0.199 e. The van der Waals surface area contributed by atoms with Gasteiger partial charge in [-0.3, -0.25) is 4.98 Å². The van der Waals surface area contributed by atoms with Crippen LogP contribution in [0, 0.1) is 6.92 Å². The van der Waals surface area contributed by atoms with E-state index < -0.39 is 0 Å². The van der Waals surface area contributed by atoms with Gasteiger partial charge in [-0.25, -0.2) is 0 Å². The number of aromatic amines is 2. The Hall–Kier alpha value is -2.36. The van der Waals surface area contributed by atoms with Crippen molar-refractivity contribution in [3.63, 3.8) is 0 Å². The smallest absolute Gasteiger partial charge is 0.199 e. The Morgan fingerprint density at radius 2 is 1.82 bits per heavy atom. The number of aryl methyl sites for hydroxylation is 1. The quantitative estimate of drug-likeness (QED) is 0.517. The van der Waals surface area contributed by atoms with Gasteiger partial charge >= 0.3 is 0 Å². The summed E-state index contributed by atoms with van der Waals surface area (Å²) in [6.45, 7) is 1.94. The van der Waals surface area contributed by atoms with Crippen LogP contribution in [0.5, 0.6) is 11.8 Å². The van der Waals surface area contributed by atoms with E-state index in [9.17, 15) is 10.2 Å². The van der Waals surface area contributed by atoms with E-state index in [4.69, 9.17) is 0 Å². The molecule has 0 bridgehead atoms. The van der Waals surface area contributed by atoms with Gasteiger partial charge in [0.2, 0.25) is 0 Å². The number of H-pyrrole nitrogens is 2. The molecule has 0 saturated carbocycles. The van der Waals surface area contributed by atoms with Crippen LogP contribution in [0.4, 0.5) is 0 Å². The molecule has 3 rings (SSSR count). The third-order valence-electron chi connectivity index (χ3n) is 2.95. The number of aromatic hydroxyl groups is 2. The summed E-state index contributed by atoms with van der Waals surface area (Å²) in [5.74, 6) is -0.0578. The van der Waals surface area contributed by atoms with Crippen molar-refractivity contribution in [3.05, 3.63) is 36.0 Å². The number of hydrogen-bond donors (Lipinski definition) is 4. The second-order valence-corrected chi connectivity index (χ2v) is 4.09. The largest absolute Gasteiger partial charge is 0.494 e. The molecule has 0 radical (unpaired) electrons. The highest BCUT2D eigenvalue weighted by atomic mass is 16.3. The fourth-order valence-corrected chi connectivity index (χ4v) is 2.24. The van der Waals surface area contributed by atoms with Gasteiger partial charge in [0.15, 0.2) is 11.8 Å². The lowest BCUT2D eigenvalue weighted by molar-refractivity contribution is 0.426. The Kier molecular flexibility index (Phi) is 1.92. The van der Waals surface area contributed by atoms with Crippen LogP contribution in [0.25, 0.3) is 22.0 Å². The van der Waals surface area contributed by atoms with Crippen LogP contribution in [0.1, 0.15) is 5.69 Å². The summed E-state index contributed by atoms with van der Waals surface area (Å²) in [4.78, 5) is 5.74. The first-order valence-electron chi connectivity index (χ1n) is 5.35. The van der Waals surface area contributed by atoms with Crippen molar-refractivity contribution in [1.82, 2.24) is 9.97 Å². The molecule has 0 unspecified atom stereocenters. The molecule has 0 aliphatic rings. The van der Waals surface area contributed by atoms with E-state index in [0.717, 1.165) is 22.2 Å². The zero-order valence-electron chi connectivity index (χ0n) is 9.28. The van der Waals surface area contributed by atoms with Gasteiger partial charge in [0.1, 0.15) is 0 Å². The minimum absolute atomic E-state index is 0.0182. The lowest BCUT2D eigenvalue weighted by Gasteiger charge is -1.98. The van der Waals surface area contributed by atoms with Gasteiger partial charge in [0, 0.05) is 33.8 Å². The van der Waals surface area contributed by atoms with Crippen molar-refractivity contribution in [2.75, 3.05) is 0 Å². The Morgan fingerprint density at radius 3 is 2.53 bits per heavy atom.